The Kier molecular flexibility index (Phi) is 8.43. The minimum absolute atomic E-state index is 0.566. The average molecular weight is 301 g/mol. The molecular formula is C10H20O3Si4. The largest absolute Gasteiger partial charge is 0.449 e. The molecule has 0 unspecified atom stereocenters. The molecular weight excluding hydrogens is 280 g/mol. The molecule has 0 N–H and O–H groups in total. The highest BCUT2D eigenvalue weighted by Gasteiger charge is 1.97. The number of hydrogen-bond donors (Lipinski definition) is 0. The van der Waals surface area contributed by atoms with Crippen LogP contribution in [-0.4, -0.2) is 40.3 Å². The van der Waals surface area contributed by atoms with Crippen LogP contribution in [0.3, 0.4) is 0 Å². The SMILES string of the molecule is CCC(=C[SiH2]O[SiH2]O[SiH2]O[SiH3])c1ccccc1. The molecule has 0 bridgehead atoms. The molecule has 0 fully saturated rings. The fourth-order valence-electron chi connectivity index (χ4n) is 1.50. The smallest absolute Gasteiger partial charge is 0.284 e. The van der Waals surface area contributed by atoms with Gasteiger partial charge in [0, 0.05) is 0 Å². The molecule has 1 aromatic carbocycles. The lowest BCUT2D eigenvalue weighted by molar-refractivity contribution is 0.440. The van der Waals surface area contributed by atoms with Gasteiger partial charge >= 0.3 is 0 Å². The van der Waals surface area contributed by atoms with Gasteiger partial charge in [0.05, 0.1) is 0 Å². The fraction of sp³-hybridized carbons (Fsp3) is 0.200. The minimum atomic E-state index is -0.754. The molecule has 0 aliphatic heterocycles. The molecule has 0 aliphatic carbocycles. The van der Waals surface area contributed by atoms with Gasteiger partial charge in [0.2, 0.25) is 0 Å². The Hall–Kier alpha value is -0.292. The zero-order valence-electron chi connectivity index (χ0n) is 10.5. The van der Waals surface area contributed by atoms with E-state index in [4.69, 9.17) is 12.3 Å². The zero-order chi connectivity index (χ0) is 12.3. The van der Waals surface area contributed by atoms with Gasteiger partial charge in [0.25, 0.3) is 20.0 Å². The summed E-state index contributed by atoms with van der Waals surface area (Å²) in [6.07, 6.45) is 1.06. The van der Waals surface area contributed by atoms with E-state index in [-0.39, 0.29) is 0 Å². The lowest BCUT2D eigenvalue weighted by atomic mass is 10.1. The van der Waals surface area contributed by atoms with Crippen LogP contribution in [-0.2, 0) is 12.3 Å². The van der Waals surface area contributed by atoms with E-state index in [0.29, 0.717) is 0 Å². The van der Waals surface area contributed by atoms with Crippen LogP contribution in [0.5, 0.6) is 0 Å². The maximum atomic E-state index is 5.64. The summed E-state index contributed by atoms with van der Waals surface area (Å²) in [4.78, 5) is 0. The monoisotopic (exact) mass is 300 g/mol. The third kappa shape index (κ3) is 6.26. The van der Waals surface area contributed by atoms with Crippen molar-refractivity contribution in [2.75, 3.05) is 0 Å². The molecule has 0 heterocycles. The van der Waals surface area contributed by atoms with E-state index in [1.807, 2.05) is 6.07 Å². The summed E-state index contributed by atoms with van der Waals surface area (Å²) < 4.78 is 16.1. The summed E-state index contributed by atoms with van der Waals surface area (Å²) in [5.74, 6) is 0. The minimum Gasteiger partial charge on any atom is -0.449 e. The van der Waals surface area contributed by atoms with Gasteiger partial charge in [0.15, 0.2) is 9.76 Å². The highest BCUT2D eigenvalue weighted by Crippen LogP contribution is 2.16. The Bertz CT molecular complexity index is 332. The van der Waals surface area contributed by atoms with Crippen LogP contribution in [0.2, 0.25) is 0 Å². The van der Waals surface area contributed by atoms with E-state index in [2.05, 4.69) is 36.9 Å². The molecule has 0 saturated heterocycles. The van der Waals surface area contributed by atoms with E-state index in [0.717, 1.165) is 16.9 Å². The maximum Gasteiger partial charge on any atom is 0.284 e. The quantitative estimate of drug-likeness (QED) is 0.448. The Morgan fingerprint density at radius 3 is 2.65 bits per heavy atom. The van der Waals surface area contributed by atoms with Crippen molar-refractivity contribution in [1.82, 2.24) is 0 Å². The second-order valence-corrected chi connectivity index (χ2v) is 10.3. The van der Waals surface area contributed by atoms with Crippen molar-refractivity contribution in [3.63, 3.8) is 0 Å². The second kappa shape index (κ2) is 9.71. The molecule has 17 heavy (non-hydrogen) atoms. The van der Waals surface area contributed by atoms with Crippen LogP contribution in [0.4, 0.5) is 0 Å². The van der Waals surface area contributed by atoms with Crippen LogP contribution < -0.4 is 0 Å². The van der Waals surface area contributed by atoms with Crippen LogP contribution in [0, 0.1) is 0 Å². The summed E-state index contributed by atoms with van der Waals surface area (Å²) >= 11 is 0. The predicted octanol–water partition coefficient (Wildman–Crippen LogP) is -1.15. The average Bonchev–Trinajstić information content (AvgIpc) is 2.39. The molecule has 0 aromatic heterocycles. The first-order chi connectivity index (χ1) is 8.38. The topological polar surface area (TPSA) is 27.7 Å². The number of rotatable bonds is 8. The molecule has 0 amide bonds. The Morgan fingerprint density at radius 2 is 2.00 bits per heavy atom. The summed E-state index contributed by atoms with van der Waals surface area (Å²) in [7, 11) is -1.21. The van der Waals surface area contributed by atoms with Gasteiger partial charge in [-0.1, -0.05) is 43.0 Å². The molecule has 7 heteroatoms. The van der Waals surface area contributed by atoms with Crippen LogP contribution in [0.25, 0.3) is 5.57 Å². The van der Waals surface area contributed by atoms with Crippen LogP contribution >= 0.6 is 0 Å². The predicted molar refractivity (Wildman–Crippen MR) is 83.5 cm³/mol. The van der Waals surface area contributed by atoms with Gasteiger partial charge < -0.3 is 12.3 Å². The van der Waals surface area contributed by atoms with E-state index < -0.39 is 29.8 Å². The van der Waals surface area contributed by atoms with Gasteiger partial charge in [0.1, 0.15) is 10.5 Å². The lowest BCUT2D eigenvalue weighted by Crippen LogP contribution is -2.12. The van der Waals surface area contributed by atoms with Crippen molar-refractivity contribution in [2.45, 2.75) is 13.3 Å². The summed E-state index contributed by atoms with van der Waals surface area (Å²) in [6, 6.07) is 10.5. The van der Waals surface area contributed by atoms with Gasteiger partial charge in [-0.25, -0.2) is 0 Å². The number of hydrogen-bond acceptors (Lipinski definition) is 3. The first kappa shape index (κ1) is 14.8. The van der Waals surface area contributed by atoms with Crippen molar-refractivity contribution < 1.29 is 12.3 Å². The van der Waals surface area contributed by atoms with Gasteiger partial charge in [-0.05, 0) is 17.6 Å². The first-order valence-electron chi connectivity index (χ1n) is 5.77. The fourth-order valence-corrected chi connectivity index (χ4v) is 7.06. The van der Waals surface area contributed by atoms with Crippen molar-refractivity contribution in [2.24, 2.45) is 0 Å². The highest BCUT2D eigenvalue weighted by atomic mass is 28.4. The standard InChI is InChI=1S/C10H20O3Si4/c1-2-9(10-6-4-3-5-7-10)8-15-12-17-13-16-11-14/h3-8H,2,15-17H2,1,14H3. The van der Waals surface area contributed by atoms with Crippen LogP contribution in [0.1, 0.15) is 18.9 Å². The molecule has 0 aliphatic rings. The number of benzene rings is 1. The van der Waals surface area contributed by atoms with E-state index in [9.17, 15) is 0 Å². The highest BCUT2D eigenvalue weighted by molar-refractivity contribution is 6.48. The third-order valence-electron chi connectivity index (χ3n) is 2.34. The first-order valence-corrected chi connectivity index (χ1v) is 10.3. The zero-order valence-corrected chi connectivity index (χ0v) is 16.8. The molecule has 3 nitrogen and oxygen atoms in total. The Labute approximate surface area is 113 Å². The van der Waals surface area contributed by atoms with Crippen LogP contribution in [0.15, 0.2) is 36.0 Å². The Balaban J connectivity index is 2.35. The molecule has 0 radical (unpaired) electrons. The maximum absolute atomic E-state index is 5.64. The second-order valence-electron chi connectivity index (χ2n) is 3.55. The Morgan fingerprint density at radius 1 is 1.24 bits per heavy atom. The molecule has 0 atom stereocenters. The van der Waals surface area contributed by atoms with E-state index >= 15 is 0 Å². The number of allylic oxidation sites excluding steroid dienone is 1. The molecule has 1 rings (SSSR count). The summed E-state index contributed by atoms with van der Waals surface area (Å²) in [5.41, 5.74) is 4.99. The molecule has 94 valence electrons. The van der Waals surface area contributed by atoms with Gasteiger partial charge in [-0.15, -0.1) is 0 Å². The van der Waals surface area contributed by atoms with E-state index in [1.54, 1.807) is 0 Å². The third-order valence-corrected chi connectivity index (χ3v) is 6.89. The van der Waals surface area contributed by atoms with Crippen molar-refractivity contribution in [3.05, 3.63) is 41.6 Å². The van der Waals surface area contributed by atoms with Crippen molar-refractivity contribution in [1.29, 1.82) is 0 Å². The molecule has 0 spiro atoms. The normalized spacial score (nSPS) is 14.1. The summed E-state index contributed by atoms with van der Waals surface area (Å²) in [5, 5.41) is 0. The van der Waals surface area contributed by atoms with Crippen molar-refractivity contribution >= 4 is 45.8 Å². The van der Waals surface area contributed by atoms with Crippen molar-refractivity contribution in [3.8, 4) is 0 Å². The van der Waals surface area contributed by atoms with Gasteiger partial charge in [-0.3, -0.25) is 0 Å². The van der Waals surface area contributed by atoms with E-state index in [1.165, 1.54) is 11.1 Å². The van der Waals surface area contributed by atoms with Gasteiger partial charge in [-0.2, -0.15) is 0 Å². The summed E-state index contributed by atoms with van der Waals surface area (Å²) in [6.45, 7) is 2.18. The molecule has 0 saturated carbocycles. The lowest BCUT2D eigenvalue weighted by Gasteiger charge is -2.06. The molecule has 1 aromatic rings.